The zero-order chi connectivity index (χ0) is 11.7. The normalized spacial score (nSPS) is 25.1. The van der Waals surface area contributed by atoms with Crippen LogP contribution in [-0.2, 0) is 11.2 Å². The third-order valence-electron chi connectivity index (χ3n) is 3.47. The van der Waals surface area contributed by atoms with Gasteiger partial charge in [0, 0.05) is 17.4 Å². The molecule has 1 saturated carbocycles. The fourth-order valence-corrected chi connectivity index (χ4v) is 2.52. The zero-order valence-electron chi connectivity index (χ0n) is 9.17. The molecule has 2 atom stereocenters. The molecule has 1 fully saturated rings. The van der Waals surface area contributed by atoms with Crippen molar-refractivity contribution in [2.45, 2.75) is 26.2 Å². The molecule has 2 unspecified atom stereocenters. The van der Waals surface area contributed by atoms with Gasteiger partial charge in [0.1, 0.15) is 11.6 Å². The maximum Gasteiger partial charge on any atom is 0.135 e. The Labute approximate surface area is 99.6 Å². The van der Waals surface area contributed by atoms with Gasteiger partial charge in [0.2, 0.25) is 0 Å². The molecule has 0 heterocycles. The Morgan fingerprint density at radius 3 is 2.88 bits per heavy atom. The zero-order valence-corrected chi connectivity index (χ0v) is 9.93. The average Bonchev–Trinajstić information content (AvgIpc) is 2.55. The molecule has 16 heavy (non-hydrogen) atoms. The molecule has 1 aliphatic carbocycles. The summed E-state index contributed by atoms with van der Waals surface area (Å²) < 4.78 is 13.5. The summed E-state index contributed by atoms with van der Waals surface area (Å²) in [7, 11) is 0. The fourth-order valence-electron chi connectivity index (χ4n) is 2.33. The number of carbonyl (C=O) groups is 1. The van der Waals surface area contributed by atoms with Crippen molar-refractivity contribution in [1.82, 2.24) is 0 Å². The molecule has 0 N–H and O–H groups in total. The van der Waals surface area contributed by atoms with Crippen molar-refractivity contribution in [2.75, 3.05) is 0 Å². The molecular formula is C13H14ClFO. The summed E-state index contributed by atoms with van der Waals surface area (Å²) >= 11 is 5.83. The Hall–Kier alpha value is -0.890. The van der Waals surface area contributed by atoms with Crippen molar-refractivity contribution < 1.29 is 9.18 Å². The number of carbonyl (C=O) groups excluding carboxylic acids is 1. The highest BCUT2D eigenvalue weighted by Gasteiger charge is 2.31. The molecule has 1 nitrogen and oxygen atoms in total. The molecule has 0 aliphatic heterocycles. The van der Waals surface area contributed by atoms with Crippen molar-refractivity contribution >= 4 is 17.4 Å². The van der Waals surface area contributed by atoms with E-state index >= 15 is 0 Å². The number of halogens is 2. The van der Waals surface area contributed by atoms with Crippen LogP contribution in [0.2, 0.25) is 5.02 Å². The van der Waals surface area contributed by atoms with E-state index in [2.05, 4.69) is 0 Å². The highest BCUT2D eigenvalue weighted by molar-refractivity contribution is 6.30. The summed E-state index contributed by atoms with van der Waals surface area (Å²) in [5.74, 6) is 0.391. The lowest BCUT2D eigenvalue weighted by Crippen LogP contribution is -2.13. The van der Waals surface area contributed by atoms with Crippen molar-refractivity contribution in [3.8, 4) is 0 Å². The second-order valence-electron chi connectivity index (χ2n) is 4.49. The minimum Gasteiger partial charge on any atom is -0.299 e. The summed E-state index contributed by atoms with van der Waals surface area (Å²) in [5.41, 5.74) is 0.624. The van der Waals surface area contributed by atoms with Crippen LogP contribution in [0.15, 0.2) is 18.2 Å². The molecule has 0 aromatic heterocycles. The van der Waals surface area contributed by atoms with Crippen molar-refractivity contribution in [3.63, 3.8) is 0 Å². The number of hydrogen-bond acceptors (Lipinski definition) is 1. The van der Waals surface area contributed by atoms with Gasteiger partial charge in [-0.1, -0.05) is 18.5 Å². The Bertz CT molecular complexity index is 416. The minimum absolute atomic E-state index is 0.0541. The lowest BCUT2D eigenvalue weighted by molar-refractivity contribution is -0.120. The summed E-state index contributed by atoms with van der Waals surface area (Å²) in [5, 5.41) is 0.549. The topological polar surface area (TPSA) is 17.1 Å². The average molecular weight is 241 g/mol. The van der Waals surface area contributed by atoms with Gasteiger partial charge in [-0.15, -0.1) is 0 Å². The molecule has 1 aromatic carbocycles. The summed E-state index contributed by atoms with van der Waals surface area (Å²) in [6.07, 6.45) is 2.11. The van der Waals surface area contributed by atoms with Gasteiger partial charge in [-0.25, -0.2) is 4.39 Å². The Morgan fingerprint density at radius 2 is 2.25 bits per heavy atom. The molecule has 3 heteroatoms. The lowest BCUT2D eigenvalue weighted by atomic mass is 9.90. The van der Waals surface area contributed by atoms with Gasteiger partial charge < -0.3 is 0 Å². The van der Waals surface area contributed by atoms with E-state index < -0.39 is 0 Å². The second kappa shape index (κ2) is 4.54. The predicted octanol–water partition coefficient (Wildman–Crippen LogP) is 3.64. The van der Waals surface area contributed by atoms with Crippen LogP contribution in [0.5, 0.6) is 0 Å². The van der Waals surface area contributed by atoms with Gasteiger partial charge in [0.15, 0.2) is 0 Å². The third kappa shape index (κ3) is 2.27. The van der Waals surface area contributed by atoms with Crippen LogP contribution in [-0.4, -0.2) is 5.78 Å². The first-order valence-electron chi connectivity index (χ1n) is 5.54. The lowest BCUT2D eigenvalue weighted by Gasteiger charge is -2.14. The molecule has 2 rings (SSSR count). The molecule has 1 aromatic rings. The van der Waals surface area contributed by atoms with E-state index in [0.717, 1.165) is 6.42 Å². The van der Waals surface area contributed by atoms with Crippen LogP contribution < -0.4 is 0 Å². The van der Waals surface area contributed by atoms with Crippen molar-refractivity contribution in [3.05, 3.63) is 34.6 Å². The van der Waals surface area contributed by atoms with Crippen molar-refractivity contribution in [1.29, 1.82) is 0 Å². The molecule has 0 amide bonds. The first-order chi connectivity index (χ1) is 7.58. The standard InChI is InChI=1S/C13H14ClFO/c1-8-9(2-5-13(8)16)6-10-7-11(14)3-4-12(10)15/h3-4,7-9H,2,5-6H2,1H3. The number of ketones is 1. The Balaban J connectivity index is 2.15. The maximum atomic E-state index is 13.5. The first kappa shape index (κ1) is 11.6. The number of Topliss-reactive ketones (excluding diaryl/α,β-unsaturated/α-hetero) is 1. The predicted molar refractivity (Wildman–Crippen MR) is 62.0 cm³/mol. The Kier molecular flexibility index (Phi) is 3.29. The molecule has 0 radical (unpaired) electrons. The smallest absolute Gasteiger partial charge is 0.135 e. The van der Waals surface area contributed by atoms with Gasteiger partial charge in [0.05, 0.1) is 0 Å². The fraction of sp³-hybridized carbons (Fsp3) is 0.462. The molecule has 0 bridgehead atoms. The van der Waals surface area contributed by atoms with Crippen LogP contribution in [0.25, 0.3) is 0 Å². The van der Waals surface area contributed by atoms with E-state index in [1.807, 2.05) is 6.92 Å². The SMILES string of the molecule is CC1C(=O)CCC1Cc1cc(Cl)ccc1F. The molecular weight excluding hydrogens is 227 g/mol. The van der Waals surface area contributed by atoms with E-state index in [1.165, 1.54) is 6.07 Å². The molecule has 0 saturated heterocycles. The first-order valence-corrected chi connectivity index (χ1v) is 5.92. The number of benzene rings is 1. The van der Waals surface area contributed by atoms with E-state index in [1.54, 1.807) is 12.1 Å². The Morgan fingerprint density at radius 1 is 1.50 bits per heavy atom. The van der Waals surface area contributed by atoms with E-state index in [4.69, 9.17) is 11.6 Å². The van der Waals surface area contributed by atoms with Gasteiger partial charge in [-0.05, 0) is 42.5 Å². The summed E-state index contributed by atoms with van der Waals surface area (Å²) in [6, 6.07) is 4.59. The van der Waals surface area contributed by atoms with E-state index in [-0.39, 0.29) is 17.7 Å². The van der Waals surface area contributed by atoms with E-state index in [0.29, 0.717) is 29.2 Å². The van der Waals surface area contributed by atoms with Crippen LogP contribution >= 0.6 is 11.6 Å². The van der Waals surface area contributed by atoms with Gasteiger partial charge >= 0.3 is 0 Å². The quantitative estimate of drug-likeness (QED) is 0.772. The summed E-state index contributed by atoms with van der Waals surface area (Å²) in [4.78, 5) is 11.4. The van der Waals surface area contributed by atoms with Crippen LogP contribution in [0.4, 0.5) is 4.39 Å². The van der Waals surface area contributed by atoms with Gasteiger partial charge in [0.25, 0.3) is 0 Å². The van der Waals surface area contributed by atoms with E-state index in [9.17, 15) is 9.18 Å². The van der Waals surface area contributed by atoms with Crippen LogP contribution in [0, 0.1) is 17.7 Å². The number of hydrogen-bond donors (Lipinski definition) is 0. The largest absolute Gasteiger partial charge is 0.299 e. The van der Waals surface area contributed by atoms with Crippen molar-refractivity contribution in [2.24, 2.45) is 11.8 Å². The minimum atomic E-state index is -0.226. The van der Waals surface area contributed by atoms with Gasteiger partial charge in [-0.3, -0.25) is 4.79 Å². The maximum absolute atomic E-state index is 13.5. The molecule has 0 spiro atoms. The molecule has 86 valence electrons. The third-order valence-corrected chi connectivity index (χ3v) is 3.70. The highest BCUT2D eigenvalue weighted by Crippen LogP contribution is 2.32. The molecule has 1 aliphatic rings. The highest BCUT2D eigenvalue weighted by atomic mass is 35.5. The second-order valence-corrected chi connectivity index (χ2v) is 4.93. The number of rotatable bonds is 2. The van der Waals surface area contributed by atoms with Crippen LogP contribution in [0.1, 0.15) is 25.3 Å². The summed E-state index contributed by atoms with van der Waals surface area (Å²) in [6.45, 7) is 1.93. The monoisotopic (exact) mass is 240 g/mol. The van der Waals surface area contributed by atoms with Gasteiger partial charge in [-0.2, -0.15) is 0 Å². The van der Waals surface area contributed by atoms with Crippen LogP contribution in [0.3, 0.4) is 0 Å².